The van der Waals surface area contributed by atoms with Crippen LogP contribution in [0.15, 0.2) is 30.3 Å². The van der Waals surface area contributed by atoms with Gasteiger partial charge in [0.15, 0.2) is 0 Å². The third kappa shape index (κ3) is 2.26. The molecule has 1 heterocycles. The quantitative estimate of drug-likeness (QED) is 0.773. The number of hydrogen-bond acceptors (Lipinski definition) is 2. The first-order valence-electron chi connectivity index (χ1n) is 4.71. The van der Waals surface area contributed by atoms with Crippen molar-refractivity contribution >= 4 is 11.8 Å². The molecule has 1 aliphatic rings. The highest BCUT2D eigenvalue weighted by Gasteiger charge is 2.28. The Bertz CT molecular complexity index is 265. The maximum atomic E-state index is 3.54. The van der Waals surface area contributed by atoms with Crippen LogP contribution in [0.5, 0.6) is 0 Å². The first-order valence-corrected chi connectivity index (χ1v) is 5.70. The Kier molecular flexibility index (Phi) is 2.61. The van der Waals surface area contributed by atoms with Crippen LogP contribution in [0.2, 0.25) is 0 Å². The summed E-state index contributed by atoms with van der Waals surface area (Å²) in [6, 6.07) is 10.7. The lowest BCUT2D eigenvalue weighted by molar-refractivity contribution is 0.542. The van der Waals surface area contributed by atoms with E-state index in [2.05, 4.69) is 42.6 Å². The van der Waals surface area contributed by atoms with Gasteiger partial charge in [0.05, 0.1) is 4.87 Å². The lowest BCUT2D eigenvalue weighted by Gasteiger charge is -2.23. The normalized spacial score (nSPS) is 27.8. The summed E-state index contributed by atoms with van der Waals surface area (Å²) in [6.45, 7) is 3.44. The number of benzene rings is 1. The molecule has 1 nitrogen and oxygen atoms in total. The number of thioether (sulfide) groups is 1. The maximum Gasteiger partial charge on any atom is 0.0658 e. The monoisotopic (exact) mass is 193 g/mol. The molecule has 1 atom stereocenters. The SMILES string of the molecule is CC1(Cc2ccccc2)NCCS1. The van der Waals surface area contributed by atoms with Gasteiger partial charge in [0.1, 0.15) is 0 Å². The molecule has 0 saturated carbocycles. The highest BCUT2D eigenvalue weighted by atomic mass is 32.2. The Labute approximate surface area is 83.9 Å². The molecule has 1 N–H and O–H groups in total. The fourth-order valence-corrected chi connectivity index (χ4v) is 2.87. The fraction of sp³-hybridized carbons (Fsp3) is 0.455. The molecule has 1 fully saturated rings. The molecule has 0 radical (unpaired) electrons. The standard InChI is InChI=1S/C11H15NS/c1-11(12-7-8-13-11)9-10-5-3-2-4-6-10/h2-6,12H,7-9H2,1H3. The van der Waals surface area contributed by atoms with Gasteiger partial charge in [-0.15, -0.1) is 11.8 Å². The zero-order valence-corrected chi connectivity index (χ0v) is 8.73. The Hall–Kier alpha value is -0.470. The second-order valence-electron chi connectivity index (χ2n) is 3.67. The van der Waals surface area contributed by atoms with Crippen molar-refractivity contribution in [1.82, 2.24) is 5.32 Å². The highest BCUT2D eigenvalue weighted by molar-refractivity contribution is 8.00. The van der Waals surface area contributed by atoms with Crippen molar-refractivity contribution in [3.8, 4) is 0 Å². The number of hydrogen-bond donors (Lipinski definition) is 1. The van der Waals surface area contributed by atoms with Gasteiger partial charge in [0.2, 0.25) is 0 Å². The van der Waals surface area contributed by atoms with Crippen LogP contribution >= 0.6 is 11.8 Å². The Balaban J connectivity index is 2.05. The van der Waals surface area contributed by atoms with E-state index in [1.54, 1.807) is 0 Å². The highest BCUT2D eigenvalue weighted by Crippen LogP contribution is 2.29. The molecular weight excluding hydrogens is 178 g/mol. The van der Waals surface area contributed by atoms with E-state index in [4.69, 9.17) is 0 Å². The first kappa shape index (κ1) is 9.10. The van der Waals surface area contributed by atoms with E-state index in [1.807, 2.05) is 11.8 Å². The van der Waals surface area contributed by atoms with Gasteiger partial charge in [-0.2, -0.15) is 0 Å². The Morgan fingerprint density at radius 1 is 1.38 bits per heavy atom. The third-order valence-corrected chi connectivity index (χ3v) is 3.74. The van der Waals surface area contributed by atoms with E-state index in [0.29, 0.717) is 0 Å². The largest absolute Gasteiger partial charge is 0.302 e. The van der Waals surface area contributed by atoms with Crippen LogP contribution in [-0.4, -0.2) is 17.2 Å². The van der Waals surface area contributed by atoms with Crippen molar-refractivity contribution in [2.24, 2.45) is 0 Å². The van der Waals surface area contributed by atoms with E-state index in [1.165, 1.54) is 11.3 Å². The van der Waals surface area contributed by atoms with E-state index in [0.717, 1.165) is 13.0 Å². The molecule has 1 aromatic rings. The molecular formula is C11H15NS. The molecule has 1 aliphatic heterocycles. The summed E-state index contributed by atoms with van der Waals surface area (Å²) in [5.41, 5.74) is 1.42. The second kappa shape index (κ2) is 3.72. The fourth-order valence-electron chi connectivity index (χ4n) is 1.74. The minimum atomic E-state index is 0.265. The summed E-state index contributed by atoms with van der Waals surface area (Å²) in [5.74, 6) is 1.24. The minimum absolute atomic E-state index is 0.265. The topological polar surface area (TPSA) is 12.0 Å². The summed E-state index contributed by atoms with van der Waals surface area (Å²) < 4.78 is 0. The van der Waals surface area contributed by atoms with Crippen LogP contribution < -0.4 is 5.32 Å². The summed E-state index contributed by atoms with van der Waals surface area (Å²) in [7, 11) is 0. The van der Waals surface area contributed by atoms with Gasteiger partial charge in [-0.05, 0) is 18.9 Å². The van der Waals surface area contributed by atoms with Crippen molar-refractivity contribution in [3.05, 3.63) is 35.9 Å². The molecule has 0 bridgehead atoms. The molecule has 1 aromatic carbocycles. The van der Waals surface area contributed by atoms with E-state index in [9.17, 15) is 0 Å². The van der Waals surface area contributed by atoms with Crippen molar-refractivity contribution in [2.45, 2.75) is 18.2 Å². The average molecular weight is 193 g/mol. The number of nitrogens with one attached hydrogen (secondary N) is 1. The van der Waals surface area contributed by atoms with Crippen molar-refractivity contribution < 1.29 is 0 Å². The van der Waals surface area contributed by atoms with Crippen molar-refractivity contribution in [1.29, 1.82) is 0 Å². The molecule has 0 amide bonds. The van der Waals surface area contributed by atoms with Crippen molar-refractivity contribution in [3.63, 3.8) is 0 Å². The van der Waals surface area contributed by atoms with E-state index in [-0.39, 0.29) is 4.87 Å². The third-order valence-electron chi connectivity index (χ3n) is 2.41. The summed E-state index contributed by atoms with van der Waals surface area (Å²) in [4.78, 5) is 0.265. The Morgan fingerprint density at radius 2 is 2.15 bits per heavy atom. The van der Waals surface area contributed by atoms with Crippen LogP contribution in [0.4, 0.5) is 0 Å². The summed E-state index contributed by atoms with van der Waals surface area (Å²) >= 11 is 2.03. The molecule has 70 valence electrons. The van der Waals surface area contributed by atoms with Crippen LogP contribution in [0.1, 0.15) is 12.5 Å². The Morgan fingerprint density at radius 3 is 2.77 bits per heavy atom. The number of rotatable bonds is 2. The van der Waals surface area contributed by atoms with Crippen LogP contribution in [0.3, 0.4) is 0 Å². The molecule has 1 saturated heterocycles. The average Bonchev–Trinajstić information content (AvgIpc) is 2.54. The molecule has 13 heavy (non-hydrogen) atoms. The van der Waals surface area contributed by atoms with Gasteiger partial charge in [-0.25, -0.2) is 0 Å². The van der Waals surface area contributed by atoms with Gasteiger partial charge >= 0.3 is 0 Å². The van der Waals surface area contributed by atoms with Crippen LogP contribution in [-0.2, 0) is 6.42 Å². The predicted molar refractivity (Wildman–Crippen MR) is 59.0 cm³/mol. The van der Waals surface area contributed by atoms with Crippen LogP contribution in [0, 0.1) is 0 Å². The van der Waals surface area contributed by atoms with Gasteiger partial charge in [-0.3, -0.25) is 0 Å². The lowest BCUT2D eigenvalue weighted by atomic mass is 10.1. The molecule has 1 unspecified atom stereocenters. The molecule has 0 aliphatic carbocycles. The smallest absolute Gasteiger partial charge is 0.0658 e. The lowest BCUT2D eigenvalue weighted by Crippen LogP contribution is -2.35. The van der Waals surface area contributed by atoms with Gasteiger partial charge in [-0.1, -0.05) is 30.3 Å². The van der Waals surface area contributed by atoms with Crippen molar-refractivity contribution in [2.75, 3.05) is 12.3 Å². The van der Waals surface area contributed by atoms with Gasteiger partial charge in [0.25, 0.3) is 0 Å². The second-order valence-corrected chi connectivity index (χ2v) is 5.27. The molecule has 2 rings (SSSR count). The van der Waals surface area contributed by atoms with E-state index < -0.39 is 0 Å². The van der Waals surface area contributed by atoms with E-state index >= 15 is 0 Å². The molecule has 2 heteroatoms. The zero-order valence-electron chi connectivity index (χ0n) is 7.92. The summed E-state index contributed by atoms with van der Waals surface area (Å²) in [5, 5.41) is 3.54. The zero-order chi connectivity index (χ0) is 9.15. The van der Waals surface area contributed by atoms with Gasteiger partial charge in [0, 0.05) is 12.3 Å². The van der Waals surface area contributed by atoms with Gasteiger partial charge < -0.3 is 5.32 Å². The van der Waals surface area contributed by atoms with Crippen LogP contribution in [0.25, 0.3) is 0 Å². The summed E-state index contributed by atoms with van der Waals surface area (Å²) in [6.07, 6.45) is 1.12. The molecule has 0 aromatic heterocycles. The maximum absolute atomic E-state index is 3.54. The minimum Gasteiger partial charge on any atom is -0.302 e. The molecule has 0 spiro atoms. The predicted octanol–water partition coefficient (Wildman–Crippen LogP) is 2.28. The first-order chi connectivity index (χ1) is 6.29.